The Morgan fingerprint density at radius 3 is 2.50 bits per heavy atom. The molecule has 0 saturated carbocycles. The highest BCUT2D eigenvalue weighted by molar-refractivity contribution is 6.21. The van der Waals surface area contributed by atoms with Gasteiger partial charge in [-0.25, -0.2) is 0 Å². The van der Waals surface area contributed by atoms with Gasteiger partial charge in [0.2, 0.25) is 0 Å². The van der Waals surface area contributed by atoms with E-state index in [0.717, 1.165) is 12.2 Å². The van der Waals surface area contributed by atoms with E-state index in [9.17, 15) is 0 Å². The van der Waals surface area contributed by atoms with Crippen molar-refractivity contribution in [2.45, 2.75) is 52.0 Å². The van der Waals surface area contributed by atoms with Gasteiger partial charge >= 0.3 is 0 Å². The summed E-state index contributed by atoms with van der Waals surface area (Å²) in [6.07, 6.45) is 0.900. The molecule has 0 bridgehead atoms. The fourth-order valence-electron chi connectivity index (χ4n) is 2.22. The molecule has 1 nitrogen and oxygen atoms in total. The van der Waals surface area contributed by atoms with E-state index in [1.165, 1.54) is 22.3 Å². The lowest BCUT2D eigenvalue weighted by Gasteiger charge is -2.38. The van der Waals surface area contributed by atoms with Gasteiger partial charge < -0.3 is 4.74 Å². The van der Waals surface area contributed by atoms with Crippen LogP contribution < -0.4 is 4.74 Å². The Morgan fingerprint density at radius 2 is 1.88 bits per heavy atom. The highest BCUT2D eigenvalue weighted by Gasteiger charge is 2.36. The van der Waals surface area contributed by atoms with Crippen LogP contribution in [0.2, 0.25) is 0 Å². The summed E-state index contributed by atoms with van der Waals surface area (Å²) in [5, 5.41) is 0.0424. The monoisotopic (exact) mass is 238 g/mol. The minimum Gasteiger partial charge on any atom is -0.486 e. The lowest BCUT2D eigenvalue weighted by Crippen LogP contribution is -2.43. The molecule has 1 aliphatic heterocycles. The van der Waals surface area contributed by atoms with Gasteiger partial charge in [0.05, 0.1) is 5.38 Å². The van der Waals surface area contributed by atoms with Crippen molar-refractivity contribution in [3.63, 3.8) is 0 Å². The Hall–Kier alpha value is -0.690. The van der Waals surface area contributed by atoms with Crippen LogP contribution in [0.15, 0.2) is 6.07 Å². The first kappa shape index (κ1) is 11.8. The standard InChI is InChI=1S/C14H19ClO/c1-8-6-12-11(10(3)9(8)2)7-13(15)14(4,5)16-12/h6,13H,7H2,1-5H3. The quantitative estimate of drug-likeness (QED) is 0.623. The number of halogens is 1. The van der Waals surface area contributed by atoms with Gasteiger partial charge in [0, 0.05) is 0 Å². The van der Waals surface area contributed by atoms with Gasteiger partial charge in [-0.15, -0.1) is 11.6 Å². The van der Waals surface area contributed by atoms with Gasteiger partial charge in [-0.05, 0) is 69.4 Å². The predicted molar refractivity (Wildman–Crippen MR) is 68.7 cm³/mol. The summed E-state index contributed by atoms with van der Waals surface area (Å²) in [7, 11) is 0. The number of ether oxygens (including phenoxy) is 1. The second kappa shape index (κ2) is 3.66. The third kappa shape index (κ3) is 1.71. The Balaban J connectivity index is 2.56. The van der Waals surface area contributed by atoms with E-state index in [2.05, 4.69) is 40.7 Å². The van der Waals surface area contributed by atoms with Gasteiger partial charge in [-0.1, -0.05) is 0 Å². The molecule has 1 aromatic rings. The Labute approximate surface area is 103 Å². The van der Waals surface area contributed by atoms with Crippen LogP contribution in [0.25, 0.3) is 0 Å². The maximum Gasteiger partial charge on any atom is 0.123 e. The number of hydrogen-bond acceptors (Lipinski definition) is 1. The molecule has 0 saturated heterocycles. The SMILES string of the molecule is Cc1cc2c(c(C)c1C)CC(Cl)C(C)(C)O2. The summed E-state index contributed by atoms with van der Waals surface area (Å²) in [5.74, 6) is 1.02. The normalized spacial score (nSPS) is 22.5. The molecule has 16 heavy (non-hydrogen) atoms. The molecule has 1 aliphatic rings. The van der Waals surface area contributed by atoms with Crippen molar-refractivity contribution in [3.05, 3.63) is 28.3 Å². The molecule has 0 fully saturated rings. The molecule has 2 heteroatoms. The number of hydrogen-bond donors (Lipinski definition) is 0. The topological polar surface area (TPSA) is 9.23 Å². The highest BCUT2D eigenvalue weighted by Crippen LogP contribution is 2.39. The van der Waals surface area contributed by atoms with E-state index in [1.54, 1.807) is 0 Å². The van der Waals surface area contributed by atoms with Gasteiger partial charge in [0.1, 0.15) is 11.4 Å². The molecule has 1 heterocycles. The van der Waals surface area contributed by atoms with Crippen LogP contribution in [0.5, 0.6) is 5.75 Å². The minimum atomic E-state index is -0.275. The van der Waals surface area contributed by atoms with Crippen LogP contribution in [0, 0.1) is 20.8 Å². The van der Waals surface area contributed by atoms with Gasteiger partial charge in [0.25, 0.3) is 0 Å². The molecule has 1 aromatic carbocycles. The first-order chi connectivity index (χ1) is 7.33. The van der Waals surface area contributed by atoms with Gasteiger partial charge in [-0.2, -0.15) is 0 Å². The summed E-state index contributed by atoms with van der Waals surface area (Å²) < 4.78 is 6.02. The van der Waals surface area contributed by atoms with Gasteiger partial charge in [0.15, 0.2) is 0 Å². The number of rotatable bonds is 0. The molecule has 0 spiro atoms. The number of alkyl halides is 1. The molecule has 0 radical (unpaired) electrons. The van der Waals surface area contributed by atoms with E-state index in [4.69, 9.17) is 16.3 Å². The Kier molecular flexibility index (Phi) is 2.70. The maximum atomic E-state index is 6.38. The minimum absolute atomic E-state index is 0.0424. The summed E-state index contributed by atoms with van der Waals surface area (Å²) >= 11 is 6.38. The van der Waals surface area contributed by atoms with Crippen LogP contribution in [0.1, 0.15) is 36.1 Å². The van der Waals surface area contributed by atoms with E-state index in [0.29, 0.717) is 0 Å². The molecule has 2 rings (SSSR count). The van der Waals surface area contributed by atoms with Crippen LogP contribution in [0.4, 0.5) is 0 Å². The van der Waals surface area contributed by atoms with E-state index in [1.807, 2.05) is 0 Å². The number of benzene rings is 1. The number of aryl methyl sites for hydroxylation is 1. The largest absolute Gasteiger partial charge is 0.486 e. The first-order valence-electron chi connectivity index (χ1n) is 5.75. The van der Waals surface area contributed by atoms with Crippen molar-refractivity contribution in [2.75, 3.05) is 0 Å². The fraction of sp³-hybridized carbons (Fsp3) is 0.571. The maximum absolute atomic E-state index is 6.38. The Morgan fingerprint density at radius 1 is 1.25 bits per heavy atom. The molecule has 0 aliphatic carbocycles. The summed E-state index contributed by atoms with van der Waals surface area (Å²) in [5.41, 5.74) is 4.98. The van der Waals surface area contributed by atoms with Crippen LogP contribution in [-0.2, 0) is 6.42 Å². The van der Waals surface area contributed by atoms with Crippen molar-refractivity contribution in [1.29, 1.82) is 0 Å². The van der Waals surface area contributed by atoms with E-state index >= 15 is 0 Å². The fourth-order valence-corrected chi connectivity index (χ4v) is 2.41. The van der Waals surface area contributed by atoms with E-state index < -0.39 is 0 Å². The van der Waals surface area contributed by atoms with E-state index in [-0.39, 0.29) is 11.0 Å². The lowest BCUT2D eigenvalue weighted by atomic mass is 9.88. The summed E-state index contributed by atoms with van der Waals surface area (Å²) in [6.45, 7) is 10.6. The molecular formula is C14H19ClO. The second-order valence-corrected chi connectivity index (χ2v) is 5.82. The molecule has 1 unspecified atom stereocenters. The zero-order valence-electron chi connectivity index (χ0n) is 10.6. The van der Waals surface area contributed by atoms with Crippen LogP contribution in [0.3, 0.4) is 0 Å². The number of fused-ring (bicyclic) bond motifs is 1. The summed E-state index contributed by atoms with van der Waals surface area (Å²) in [6, 6.07) is 2.14. The molecule has 88 valence electrons. The molecule has 0 amide bonds. The summed E-state index contributed by atoms with van der Waals surface area (Å²) in [4.78, 5) is 0. The highest BCUT2D eigenvalue weighted by atomic mass is 35.5. The molecular weight excluding hydrogens is 220 g/mol. The second-order valence-electron chi connectivity index (χ2n) is 5.30. The van der Waals surface area contributed by atoms with Crippen LogP contribution >= 0.6 is 11.6 Å². The average Bonchev–Trinajstić information content (AvgIpc) is 2.18. The molecule has 0 aromatic heterocycles. The first-order valence-corrected chi connectivity index (χ1v) is 6.19. The third-order valence-corrected chi connectivity index (χ3v) is 4.44. The van der Waals surface area contributed by atoms with Crippen molar-refractivity contribution in [2.24, 2.45) is 0 Å². The van der Waals surface area contributed by atoms with Crippen LogP contribution in [-0.4, -0.2) is 11.0 Å². The van der Waals surface area contributed by atoms with Crippen molar-refractivity contribution in [3.8, 4) is 5.75 Å². The third-order valence-electron chi connectivity index (χ3n) is 3.76. The van der Waals surface area contributed by atoms with Gasteiger partial charge in [-0.3, -0.25) is 0 Å². The van der Waals surface area contributed by atoms with Crippen molar-refractivity contribution >= 4 is 11.6 Å². The zero-order valence-corrected chi connectivity index (χ0v) is 11.4. The molecule has 1 atom stereocenters. The zero-order chi connectivity index (χ0) is 12.1. The predicted octanol–water partition coefficient (Wildman–Crippen LogP) is 3.93. The smallest absolute Gasteiger partial charge is 0.123 e. The average molecular weight is 239 g/mol. The molecule has 0 N–H and O–H groups in total. The lowest BCUT2D eigenvalue weighted by molar-refractivity contribution is 0.0886. The van der Waals surface area contributed by atoms with Crippen molar-refractivity contribution in [1.82, 2.24) is 0 Å². The van der Waals surface area contributed by atoms with Crippen molar-refractivity contribution < 1.29 is 4.74 Å². The Bertz CT molecular complexity index is 435.